The number of rotatable bonds is 8. The normalized spacial score (nSPS) is 18.6. The lowest BCUT2D eigenvalue weighted by atomic mass is 10.0. The van der Waals surface area contributed by atoms with Crippen LogP contribution in [0.4, 0.5) is 10.1 Å². The van der Waals surface area contributed by atoms with Crippen molar-refractivity contribution in [2.75, 3.05) is 32.2 Å². The van der Waals surface area contributed by atoms with Crippen molar-refractivity contribution in [2.24, 2.45) is 10.9 Å². The molecule has 1 atom stereocenters. The van der Waals surface area contributed by atoms with Gasteiger partial charge in [-0.1, -0.05) is 17.3 Å². The zero-order valence-corrected chi connectivity index (χ0v) is 21.1. The fourth-order valence-corrected chi connectivity index (χ4v) is 4.82. The summed E-state index contributed by atoms with van der Waals surface area (Å²) in [6.07, 6.45) is 3.44. The third kappa shape index (κ3) is 4.76. The summed E-state index contributed by atoms with van der Waals surface area (Å²) < 4.78 is 28.1. The number of carboxylic acids is 1. The lowest BCUT2D eigenvalue weighted by molar-refractivity contribution is 0.0694. The van der Waals surface area contributed by atoms with Crippen molar-refractivity contribution in [3.05, 3.63) is 63.7 Å². The number of benzene rings is 2. The third-order valence-electron chi connectivity index (χ3n) is 6.94. The van der Waals surface area contributed by atoms with E-state index in [2.05, 4.69) is 5.16 Å². The van der Waals surface area contributed by atoms with Gasteiger partial charge in [-0.15, -0.1) is 0 Å². The van der Waals surface area contributed by atoms with Gasteiger partial charge in [0.15, 0.2) is 11.6 Å². The number of nitrogens with two attached hydrogens (primary N) is 1. The first-order valence-corrected chi connectivity index (χ1v) is 12.3. The average molecular weight is 525 g/mol. The van der Waals surface area contributed by atoms with E-state index >= 15 is 4.39 Å². The first-order chi connectivity index (χ1) is 18.3. The maximum absolute atomic E-state index is 15.6. The van der Waals surface area contributed by atoms with Crippen molar-refractivity contribution in [3.8, 4) is 11.5 Å². The van der Waals surface area contributed by atoms with Gasteiger partial charge in [-0.3, -0.25) is 4.79 Å². The van der Waals surface area contributed by atoms with Gasteiger partial charge >= 0.3 is 5.97 Å². The minimum Gasteiger partial charge on any atom is -0.497 e. The Kier molecular flexibility index (Phi) is 6.94. The molecule has 10 nitrogen and oxygen atoms in total. The molecule has 2 aromatic carbocycles. The van der Waals surface area contributed by atoms with Crippen molar-refractivity contribution in [1.29, 1.82) is 0 Å². The number of oxime groups is 1. The van der Waals surface area contributed by atoms with Gasteiger partial charge in [0, 0.05) is 31.7 Å². The Morgan fingerprint density at radius 2 is 1.95 bits per heavy atom. The molecular weight excluding hydrogens is 495 g/mol. The zero-order chi connectivity index (χ0) is 27.0. The highest BCUT2D eigenvalue weighted by Gasteiger charge is 2.33. The van der Waals surface area contributed by atoms with Crippen LogP contribution in [0, 0.1) is 5.82 Å². The van der Waals surface area contributed by atoms with E-state index in [9.17, 15) is 14.7 Å². The number of carbonyl (C=O) groups is 1. The zero-order valence-electron chi connectivity index (χ0n) is 21.1. The van der Waals surface area contributed by atoms with Gasteiger partial charge in [-0.2, -0.15) is 0 Å². The maximum atomic E-state index is 15.6. The molecule has 0 bridgehead atoms. The van der Waals surface area contributed by atoms with Crippen LogP contribution in [0.2, 0.25) is 0 Å². The molecule has 0 spiro atoms. The first-order valence-electron chi connectivity index (χ1n) is 12.3. The van der Waals surface area contributed by atoms with E-state index in [1.54, 1.807) is 16.6 Å². The van der Waals surface area contributed by atoms with Crippen LogP contribution in [-0.2, 0) is 11.4 Å². The first kappa shape index (κ1) is 25.5. The third-order valence-corrected chi connectivity index (χ3v) is 6.94. The molecule has 0 radical (unpaired) electrons. The monoisotopic (exact) mass is 524 g/mol. The lowest BCUT2D eigenvalue weighted by Crippen LogP contribution is -2.49. The van der Waals surface area contributed by atoms with Gasteiger partial charge in [0.25, 0.3) is 0 Å². The molecule has 5 rings (SSSR count). The van der Waals surface area contributed by atoms with E-state index < -0.39 is 28.8 Å². The Morgan fingerprint density at radius 1 is 1.21 bits per heavy atom. The molecule has 1 aromatic heterocycles. The van der Waals surface area contributed by atoms with Crippen LogP contribution in [0.1, 0.15) is 41.2 Å². The number of pyridine rings is 1. The predicted octanol–water partition coefficient (Wildman–Crippen LogP) is 3.30. The number of hydrogen-bond donors (Lipinski definition) is 2. The van der Waals surface area contributed by atoms with Gasteiger partial charge in [-0.05, 0) is 36.6 Å². The van der Waals surface area contributed by atoms with Crippen LogP contribution in [-0.4, -0.2) is 54.7 Å². The molecule has 2 heterocycles. The second kappa shape index (κ2) is 10.3. The summed E-state index contributed by atoms with van der Waals surface area (Å²) in [5.41, 5.74) is 7.42. The molecule has 0 amide bonds. The van der Waals surface area contributed by atoms with Crippen molar-refractivity contribution in [3.63, 3.8) is 0 Å². The van der Waals surface area contributed by atoms with Crippen LogP contribution in [0.3, 0.4) is 0 Å². The number of piperidine rings is 1. The molecule has 3 N–H and O–H groups in total. The molecular formula is C27H29FN4O6. The van der Waals surface area contributed by atoms with Gasteiger partial charge in [0.1, 0.15) is 23.6 Å². The highest BCUT2D eigenvalue weighted by atomic mass is 19.1. The number of aromatic nitrogens is 1. The molecule has 38 heavy (non-hydrogen) atoms. The Bertz CT molecular complexity index is 1470. The van der Waals surface area contributed by atoms with Crippen LogP contribution in [0.5, 0.6) is 11.5 Å². The van der Waals surface area contributed by atoms with Crippen LogP contribution in [0.25, 0.3) is 10.9 Å². The number of anilines is 1. The molecule has 2 fully saturated rings. The van der Waals surface area contributed by atoms with Crippen molar-refractivity contribution < 1.29 is 28.6 Å². The smallest absolute Gasteiger partial charge is 0.341 e. The lowest BCUT2D eigenvalue weighted by Gasteiger charge is -2.34. The molecule has 200 valence electrons. The minimum absolute atomic E-state index is 0.0219. The Labute approximate surface area is 218 Å². The van der Waals surface area contributed by atoms with Crippen LogP contribution < -0.4 is 25.5 Å². The molecule has 1 saturated carbocycles. The van der Waals surface area contributed by atoms with Gasteiger partial charge in [0.05, 0.1) is 36.9 Å². The van der Waals surface area contributed by atoms with Gasteiger partial charge in [0.2, 0.25) is 5.43 Å². The fraction of sp³-hybridized carbons (Fsp3) is 0.370. The standard InChI is InChI=1S/C27H29FN4O6/c1-36-17-7-3-15(4-8-17)14-38-30-22-9-10-31(13-21(22)29)24-20(28)11-18-23(26(24)37-2)32(16-5-6-16)12-19(25(18)33)27(34)35/h3-4,7-8,11-12,16,21H,5-6,9-10,13-14,29H2,1-2H3,(H,34,35)/b30-22-. The molecule has 1 unspecified atom stereocenters. The topological polar surface area (TPSA) is 129 Å². The summed E-state index contributed by atoms with van der Waals surface area (Å²) in [6.45, 7) is 0.927. The van der Waals surface area contributed by atoms with Gasteiger partial charge in [-0.25, -0.2) is 9.18 Å². The molecule has 1 saturated heterocycles. The van der Waals surface area contributed by atoms with Gasteiger partial charge < -0.3 is 34.6 Å². The number of nitrogens with zero attached hydrogens (tertiary/aromatic N) is 3. The summed E-state index contributed by atoms with van der Waals surface area (Å²) in [7, 11) is 3.01. The summed E-state index contributed by atoms with van der Waals surface area (Å²) in [5.74, 6) is -1.09. The summed E-state index contributed by atoms with van der Waals surface area (Å²) >= 11 is 0. The summed E-state index contributed by atoms with van der Waals surface area (Å²) in [4.78, 5) is 31.9. The maximum Gasteiger partial charge on any atom is 0.341 e. The Balaban J connectivity index is 1.42. The van der Waals surface area contributed by atoms with Crippen molar-refractivity contribution in [1.82, 2.24) is 4.57 Å². The average Bonchev–Trinajstić information content (AvgIpc) is 3.75. The Hall–Kier alpha value is -4.12. The van der Waals surface area contributed by atoms with Crippen LogP contribution >= 0.6 is 0 Å². The van der Waals surface area contributed by atoms with E-state index in [1.165, 1.54) is 13.3 Å². The summed E-state index contributed by atoms with van der Waals surface area (Å²) in [6, 6.07) is 8.06. The quantitative estimate of drug-likeness (QED) is 0.430. The van der Waals surface area contributed by atoms with Crippen LogP contribution in [0.15, 0.2) is 46.5 Å². The fourth-order valence-electron chi connectivity index (χ4n) is 4.82. The Morgan fingerprint density at radius 3 is 2.55 bits per heavy atom. The number of aromatic carboxylic acids is 1. The number of fused-ring (bicyclic) bond motifs is 1. The van der Waals surface area contributed by atoms with E-state index in [0.29, 0.717) is 24.2 Å². The minimum atomic E-state index is -1.35. The molecule has 1 aliphatic carbocycles. The van der Waals surface area contributed by atoms with Crippen molar-refractivity contribution in [2.45, 2.75) is 38.0 Å². The highest BCUT2D eigenvalue weighted by molar-refractivity contribution is 5.98. The molecule has 11 heteroatoms. The second-order valence-corrected chi connectivity index (χ2v) is 9.46. The number of halogens is 1. The molecule has 1 aliphatic heterocycles. The number of ether oxygens (including phenoxy) is 2. The van der Waals surface area contributed by atoms with E-state index in [4.69, 9.17) is 20.0 Å². The van der Waals surface area contributed by atoms with E-state index in [0.717, 1.165) is 30.2 Å². The molecule has 3 aromatic rings. The SMILES string of the molecule is COc1ccc(CO/N=C2/CCN(c3c(F)cc4c(=O)c(C(=O)O)cn(C5CC5)c4c3OC)CC2N)cc1. The second-order valence-electron chi connectivity index (χ2n) is 9.46. The van der Waals surface area contributed by atoms with E-state index in [-0.39, 0.29) is 36.0 Å². The predicted molar refractivity (Wildman–Crippen MR) is 140 cm³/mol. The number of methoxy groups -OCH3 is 2. The highest BCUT2D eigenvalue weighted by Crippen LogP contribution is 2.44. The largest absolute Gasteiger partial charge is 0.497 e. The summed E-state index contributed by atoms with van der Waals surface area (Å²) in [5, 5.41) is 13.7. The molecule has 2 aliphatic rings. The van der Waals surface area contributed by atoms with E-state index in [1.807, 2.05) is 24.3 Å². The number of hydrogen-bond acceptors (Lipinski definition) is 8. The number of carboxylic acid groups (broad SMARTS) is 1. The van der Waals surface area contributed by atoms with Crippen molar-refractivity contribution >= 4 is 28.3 Å².